The first-order valence-corrected chi connectivity index (χ1v) is 11.0. The molecule has 2 heterocycles. The molecule has 2 aromatic heterocycles. The average Bonchev–Trinajstić information content (AvgIpc) is 3.06. The summed E-state index contributed by atoms with van der Waals surface area (Å²) < 4.78 is 16.4. The van der Waals surface area contributed by atoms with Crippen LogP contribution in [0.3, 0.4) is 0 Å². The first kappa shape index (κ1) is 22.0. The number of hydrogen-bond acceptors (Lipinski definition) is 9. The Morgan fingerprint density at radius 3 is 2.60 bits per heavy atom. The molecule has 7 nitrogen and oxygen atoms in total. The van der Waals surface area contributed by atoms with Crippen molar-refractivity contribution in [1.82, 2.24) is 9.97 Å². The van der Waals surface area contributed by atoms with Crippen LogP contribution in [0, 0.1) is 6.92 Å². The highest BCUT2D eigenvalue weighted by molar-refractivity contribution is 8.01. The number of carbonyl (C=O) groups excluding carboxylic acids is 2. The highest BCUT2D eigenvalue weighted by atomic mass is 32.2. The van der Waals surface area contributed by atoms with Gasteiger partial charge in [-0.2, -0.15) is 0 Å². The van der Waals surface area contributed by atoms with Gasteiger partial charge in [-0.05, 0) is 32.9 Å². The minimum atomic E-state index is -0.495. The zero-order valence-corrected chi connectivity index (χ0v) is 18.8. The number of rotatable bonds is 8. The molecule has 30 heavy (non-hydrogen) atoms. The third-order valence-electron chi connectivity index (χ3n) is 4.15. The SMILES string of the molecule is CCOC(=O)Cc1sc(Sc2cc(C(=O)OCC)nc3c(OC)cccc23)nc1C. The van der Waals surface area contributed by atoms with E-state index in [2.05, 4.69) is 9.97 Å². The Morgan fingerprint density at radius 1 is 1.13 bits per heavy atom. The van der Waals surface area contributed by atoms with Gasteiger partial charge in [0.05, 0.1) is 32.4 Å². The lowest BCUT2D eigenvalue weighted by Crippen LogP contribution is -2.07. The number of aromatic nitrogens is 2. The van der Waals surface area contributed by atoms with Gasteiger partial charge in [0.1, 0.15) is 17.0 Å². The number of carbonyl (C=O) groups is 2. The maximum atomic E-state index is 12.3. The smallest absolute Gasteiger partial charge is 0.356 e. The van der Waals surface area contributed by atoms with Crippen LogP contribution in [-0.4, -0.2) is 42.2 Å². The van der Waals surface area contributed by atoms with Crippen molar-refractivity contribution in [3.05, 3.63) is 40.5 Å². The van der Waals surface area contributed by atoms with Crippen molar-refractivity contribution >= 4 is 45.9 Å². The van der Waals surface area contributed by atoms with Crippen molar-refractivity contribution in [2.75, 3.05) is 20.3 Å². The Kier molecular flexibility index (Phi) is 7.28. The molecule has 0 spiro atoms. The fraction of sp³-hybridized carbons (Fsp3) is 0.333. The number of thiazole rings is 1. The van der Waals surface area contributed by atoms with Crippen molar-refractivity contribution in [1.29, 1.82) is 0 Å². The second-order valence-electron chi connectivity index (χ2n) is 6.15. The summed E-state index contributed by atoms with van der Waals surface area (Å²) >= 11 is 2.85. The topological polar surface area (TPSA) is 87.6 Å². The lowest BCUT2D eigenvalue weighted by molar-refractivity contribution is -0.142. The van der Waals surface area contributed by atoms with E-state index >= 15 is 0 Å². The Morgan fingerprint density at radius 2 is 1.90 bits per heavy atom. The summed E-state index contributed by atoms with van der Waals surface area (Å²) in [5.74, 6) is -0.200. The fourth-order valence-electron chi connectivity index (χ4n) is 2.80. The molecule has 9 heteroatoms. The lowest BCUT2D eigenvalue weighted by atomic mass is 10.2. The number of esters is 2. The van der Waals surface area contributed by atoms with Gasteiger partial charge in [-0.25, -0.2) is 14.8 Å². The number of hydrogen-bond donors (Lipinski definition) is 0. The van der Waals surface area contributed by atoms with E-state index in [-0.39, 0.29) is 24.7 Å². The van der Waals surface area contributed by atoms with Crippen LogP contribution in [0.1, 0.15) is 34.9 Å². The van der Waals surface area contributed by atoms with E-state index in [1.165, 1.54) is 23.1 Å². The first-order chi connectivity index (χ1) is 14.5. The lowest BCUT2D eigenvalue weighted by Gasteiger charge is -2.10. The van der Waals surface area contributed by atoms with Crippen LogP contribution in [0.15, 0.2) is 33.5 Å². The fourth-order valence-corrected chi connectivity index (χ4v) is 5.13. The zero-order chi connectivity index (χ0) is 21.7. The van der Waals surface area contributed by atoms with E-state index in [0.717, 1.165) is 25.2 Å². The number of nitrogens with zero attached hydrogens (tertiary/aromatic N) is 2. The second kappa shape index (κ2) is 9.90. The van der Waals surface area contributed by atoms with Crippen LogP contribution in [-0.2, 0) is 20.7 Å². The number of benzene rings is 1. The molecule has 0 saturated carbocycles. The van der Waals surface area contributed by atoms with Crippen molar-refractivity contribution in [2.45, 2.75) is 36.4 Å². The molecule has 3 rings (SSSR count). The monoisotopic (exact) mass is 446 g/mol. The number of methoxy groups -OCH3 is 1. The number of fused-ring (bicyclic) bond motifs is 1. The quantitative estimate of drug-likeness (QED) is 0.469. The van der Waals surface area contributed by atoms with Crippen molar-refractivity contribution in [3.8, 4) is 5.75 Å². The molecule has 0 amide bonds. The summed E-state index contributed by atoms with van der Waals surface area (Å²) in [4.78, 5) is 34.9. The Bertz CT molecular complexity index is 1080. The maximum absolute atomic E-state index is 12.3. The summed E-state index contributed by atoms with van der Waals surface area (Å²) in [7, 11) is 1.56. The Balaban J connectivity index is 2.01. The number of aryl methyl sites for hydroxylation is 1. The van der Waals surface area contributed by atoms with Gasteiger partial charge in [0, 0.05) is 15.2 Å². The van der Waals surface area contributed by atoms with Gasteiger partial charge in [-0.1, -0.05) is 23.9 Å². The molecule has 0 saturated heterocycles. The standard InChI is InChI=1S/C21H22N2O5S2/c1-5-27-18(24)11-16-12(3)22-21(29-16)30-17-10-14(20(25)28-6-2)23-19-13(17)8-7-9-15(19)26-4/h7-10H,5-6,11H2,1-4H3. The van der Waals surface area contributed by atoms with Gasteiger partial charge in [-0.3, -0.25) is 4.79 Å². The van der Waals surface area contributed by atoms with Crippen LogP contribution < -0.4 is 4.74 Å². The molecule has 0 aliphatic carbocycles. The van der Waals surface area contributed by atoms with Gasteiger partial charge in [0.25, 0.3) is 0 Å². The molecule has 0 aliphatic heterocycles. The van der Waals surface area contributed by atoms with Crippen LogP contribution in [0.4, 0.5) is 0 Å². The summed E-state index contributed by atoms with van der Waals surface area (Å²) in [6.45, 7) is 6.00. The largest absolute Gasteiger partial charge is 0.494 e. The summed E-state index contributed by atoms with van der Waals surface area (Å²) in [5.41, 5.74) is 1.57. The van der Waals surface area contributed by atoms with Crippen LogP contribution in [0.5, 0.6) is 5.75 Å². The normalized spacial score (nSPS) is 10.8. The van der Waals surface area contributed by atoms with Crippen molar-refractivity contribution < 1.29 is 23.8 Å². The molecule has 0 bridgehead atoms. The van der Waals surface area contributed by atoms with E-state index in [9.17, 15) is 9.59 Å². The van der Waals surface area contributed by atoms with Gasteiger partial charge >= 0.3 is 11.9 Å². The highest BCUT2D eigenvalue weighted by Crippen LogP contribution is 2.39. The Labute approximate surface area is 182 Å². The summed E-state index contributed by atoms with van der Waals surface area (Å²) in [6.07, 6.45) is 0.191. The van der Waals surface area contributed by atoms with E-state index in [1.54, 1.807) is 33.1 Å². The third-order valence-corrected chi connectivity index (χ3v) is 6.43. The van der Waals surface area contributed by atoms with E-state index in [4.69, 9.17) is 14.2 Å². The highest BCUT2D eigenvalue weighted by Gasteiger charge is 2.19. The van der Waals surface area contributed by atoms with E-state index in [0.29, 0.717) is 17.9 Å². The molecule has 0 unspecified atom stereocenters. The van der Waals surface area contributed by atoms with Crippen molar-refractivity contribution in [3.63, 3.8) is 0 Å². The molecule has 3 aromatic rings. The molecule has 158 valence electrons. The van der Waals surface area contributed by atoms with Crippen LogP contribution in [0.25, 0.3) is 10.9 Å². The Hall–Kier alpha value is -2.65. The summed E-state index contributed by atoms with van der Waals surface area (Å²) in [5, 5.41) is 0.840. The predicted octanol–water partition coefficient (Wildman–Crippen LogP) is 4.44. The first-order valence-electron chi connectivity index (χ1n) is 9.41. The van der Waals surface area contributed by atoms with Gasteiger partial charge in [0.2, 0.25) is 0 Å². The zero-order valence-electron chi connectivity index (χ0n) is 17.2. The number of ether oxygens (including phenoxy) is 3. The van der Waals surface area contributed by atoms with Gasteiger partial charge in [-0.15, -0.1) is 11.3 Å². The predicted molar refractivity (Wildman–Crippen MR) is 116 cm³/mol. The third kappa shape index (κ3) is 4.91. The minimum Gasteiger partial charge on any atom is -0.494 e. The molecule has 0 N–H and O–H groups in total. The molecule has 0 aliphatic rings. The number of pyridine rings is 1. The molecule has 0 radical (unpaired) electrons. The second-order valence-corrected chi connectivity index (χ2v) is 8.53. The van der Waals surface area contributed by atoms with Crippen LogP contribution >= 0.6 is 23.1 Å². The molecular weight excluding hydrogens is 424 g/mol. The van der Waals surface area contributed by atoms with E-state index < -0.39 is 5.97 Å². The van der Waals surface area contributed by atoms with E-state index in [1.807, 2.05) is 19.1 Å². The molecular formula is C21H22N2O5S2. The average molecular weight is 447 g/mol. The molecule has 0 atom stereocenters. The number of para-hydroxylation sites is 1. The maximum Gasteiger partial charge on any atom is 0.356 e. The van der Waals surface area contributed by atoms with Gasteiger partial charge in [0.15, 0.2) is 4.34 Å². The molecule has 1 aromatic carbocycles. The van der Waals surface area contributed by atoms with Crippen LogP contribution in [0.2, 0.25) is 0 Å². The molecule has 0 fully saturated rings. The minimum absolute atomic E-state index is 0.191. The van der Waals surface area contributed by atoms with Crippen molar-refractivity contribution in [2.24, 2.45) is 0 Å². The summed E-state index contributed by atoms with van der Waals surface area (Å²) in [6, 6.07) is 7.29. The van der Waals surface area contributed by atoms with Gasteiger partial charge < -0.3 is 14.2 Å².